The number of hydrogen-bond donors (Lipinski definition) is 2. The fourth-order valence-electron chi connectivity index (χ4n) is 3.24. The molecule has 0 saturated carbocycles. The Labute approximate surface area is 162 Å². The summed E-state index contributed by atoms with van der Waals surface area (Å²) in [5.41, 5.74) is 0.386. The lowest BCUT2D eigenvalue weighted by Crippen LogP contribution is -2.52. The van der Waals surface area contributed by atoms with Crippen LogP contribution in [-0.4, -0.2) is 55.4 Å². The van der Waals surface area contributed by atoms with Crippen LogP contribution in [0.25, 0.3) is 0 Å². The standard InChI is InChI=1S/C16H26N2O5S2.ClH/c1-12-8-14(24(4,19)20)13(2)15(9-12)25(21,22)18-10-16(11-23-3)6-5-7-17-16;/h8-9,17-18H,5-7,10-11H2,1-4H3;1H. The SMILES string of the molecule is COCC1(CNS(=O)(=O)c2cc(C)cc(S(C)(=O)=O)c2C)CCCN1.Cl. The summed E-state index contributed by atoms with van der Waals surface area (Å²) in [5, 5.41) is 3.31. The van der Waals surface area contributed by atoms with Gasteiger partial charge in [-0.05, 0) is 56.5 Å². The van der Waals surface area contributed by atoms with E-state index in [1.165, 1.54) is 19.1 Å². The van der Waals surface area contributed by atoms with Gasteiger partial charge in [-0.25, -0.2) is 21.6 Å². The number of nitrogens with one attached hydrogen (secondary N) is 2. The van der Waals surface area contributed by atoms with Gasteiger partial charge in [-0.15, -0.1) is 12.4 Å². The van der Waals surface area contributed by atoms with Crippen LogP contribution in [0.4, 0.5) is 0 Å². The quantitative estimate of drug-likeness (QED) is 0.678. The molecule has 7 nitrogen and oxygen atoms in total. The highest BCUT2D eigenvalue weighted by Gasteiger charge is 2.35. The van der Waals surface area contributed by atoms with Crippen molar-refractivity contribution in [3.05, 3.63) is 23.3 Å². The second-order valence-electron chi connectivity index (χ2n) is 6.73. The Morgan fingerprint density at radius 3 is 2.31 bits per heavy atom. The first kappa shape index (κ1) is 23.3. The molecule has 0 radical (unpaired) electrons. The molecule has 0 aromatic heterocycles. The van der Waals surface area contributed by atoms with E-state index in [1.54, 1.807) is 14.0 Å². The Morgan fingerprint density at radius 2 is 1.81 bits per heavy atom. The van der Waals surface area contributed by atoms with Crippen molar-refractivity contribution in [1.29, 1.82) is 0 Å². The molecule has 1 aromatic carbocycles. The maximum atomic E-state index is 12.8. The van der Waals surface area contributed by atoms with Crippen LogP contribution < -0.4 is 10.0 Å². The number of ether oxygens (including phenoxy) is 1. The zero-order valence-electron chi connectivity index (χ0n) is 15.5. The van der Waals surface area contributed by atoms with Crippen LogP contribution in [-0.2, 0) is 24.6 Å². The first-order chi connectivity index (χ1) is 11.5. The number of aryl methyl sites for hydroxylation is 1. The van der Waals surface area contributed by atoms with Crippen molar-refractivity contribution in [3.63, 3.8) is 0 Å². The average molecular weight is 427 g/mol. The highest BCUT2D eigenvalue weighted by molar-refractivity contribution is 7.91. The van der Waals surface area contributed by atoms with Crippen molar-refractivity contribution in [2.24, 2.45) is 0 Å². The van der Waals surface area contributed by atoms with Crippen LogP contribution in [0.5, 0.6) is 0 Å². The minimum absolute atomic E-state index is 0. The summed E-state index contributed by atoms with van der Waals surface area (Å²) in [5.74, 6) is 0. The second-order valence-corrected chi connectivity index (χ2v) is 10.4. The summed E-state index contributed by atoms with van der Waals surface area (Å²) < 4.78 is 57.4. The normalized spacial score (nSPS) is 20.8. The summed E-state index contributed by atoms with van der Waals surface area (Å²) in [4.78, 5) is 0.0389. The summed E-state index contributed by atoms with van der Waals surface area (Å²) in [6.07, 6.45) is 2.84. The van der Waals surface area contributed by atoms with E-state index in [2.05, 4.69) is 10.0 Å². The molecule has 1 atom stereocenters. The molecule has 10 heteroatoms. The number of rotatable bonds is 7. The number of benzene rings is 1. The summed E-state index contributed by atoms with van der Waals surface area (Å²) >= 11 is 0. The van der Waals surface area contributed by atoms with Crippen LogP contribution >= 0.6 is 12.4 Å². The summed E-state index contributed by atoms with van der Waals surface area (Å²) in [6, 6.07) is 2.99. The van der Waals surface area contributed by atoms with E-state index < -0.39 is 25.4 Å². The number of halogens is 1. The molecule has 1 saturated heterocycles. The van der Waals surface area contributed by atoms with Crippen molar-refractivity contribution in [2.75, 3.05) is 33.1 Å². The smallest absolute Gasteiger partial charge is 0.240 e. The van der Waals surface area contributed by atoms with Gasteiger partial charge in [0.2, 0.25) is 10.0 Å². The fourth-order valence-corrected chi connectivity index (χ4v) is 5.85. The Hall–Kier alpha value is -0.710. The lowest BCUT2D eigenvalue weighted by molar-refractivity contribution is 0.122. The summed E-state index contributed by atoms with van der Waals surface area (Å²) in [7, 11) is -5.78. The third-order valence-electron chi connectivity index (χ3n) is 4.50. The first-order valence-corrected chi connectivity index (χ1v) is 11.4. The van der Waals surface area contributed by atoms with E-state index >= 15 is 0 Å². The Kier molecular flexibility index (Phi) is 7.66. The van der Waals surface area contributed by atoms with E-state index in [0.29, 0.717) is 12.2 Å². The van der Waals surface area contributed by atoms with Crippen molar-refractivity contribution in [3.8, 4) is 0 Å². The van der Waals surface area contributed by atoms with E-state index in [4.69, 9.17) is 4.74 Å². The Bertz CT molecular complexity index is 848. The largest absolute Gasteiger partial charge is 0.383 e. The van der Waals surface area contributed by atoms with E-state index in [0.717, 1.165) is 25.6 Å². The molecule has 2 rings (SSSR count). The van der Waals surface area contributed by atoms with Crippen LogP contribution in [0.15, 0.2) is 21.9 Å². The minimum atomic E-state index is -3.85. The van der Waals surface area contributed by atoms with Gasteiger partial charge in [0.1, 0.15) is 0 Å². The molecule has 0 bridgehead atoms. The number of hydrogen-bond acceptors (Lipinski definition) is 6. The second kappa shape index (κ2) is 8.53. The molecule has 150 valence electrons. The van der Waals surface area contributed by atoms with Gasteiger partial charge in [0, 0.05) is 19.9 Å². The monoisotopic (exact) mass is 426 g/mol. The predicted molar refractivity (Wildman–Crippen MR) is 103 cm³/mol. The zero-order valence-corrected chi connectivity index (χ0v) is 17.9. The van der Waals surface area contributed by atoms with Crippen molar-refractivity contribution in [1.82, 2.24) is 10.0 Å². The average Bonchev–Trinajstić information content (AvgIpc) is 2.96. The zero-order chi connectivity index (χ0) is 18.9. The van der Waals surface area contributed by atoms with E-state index in [1.807, 2.05) is 0 Å². The number of sulfonamides is 1. The van der Waals surface area contributed by atoms with Crippen LogP contribution in [0.3, 0.4) is 0 Å². The van der Waals surface area contributed by atoms with Gasteiger partial charge in [-0.1, -0.05) is 0 Å². The van der Waals surface area contributed by atoms with Gasteiger partial charge >= 0.3 is 0 Å². The van der Waals surface area contributed by atoms with Gasteiger partial charge in [0.25, 0.3) is 0 Å². The first-order valence-electron chi connectivity index (χ1n) is 8.06. The van der Waals surface area contributed by atoms with E-state index in [9.17, 15) is 16.8 Å². The van der Waals surface area contributed by atoms with Gasteiger partial charge in [0.15, 0.2) is 9.84 Å². The molecular weight excluding hydrogens is 400 g/mol. The molecule has 1 fully saturated rings. The van der Waals surface area contributed by atoms with Crippen LogP contribution in [0.1, 0.15) is 24.0 Å². The minimum Gasteiger partial charge on any atom is -0.383 e. The van der Waals surface area contributed by atoms with Crippen LogP contribution in [0, 0.1) is 13.8 Å². The molecule has 2 N–H and O–H groups in total. The molecule has 26 heavy (non-hydrogen) atoms. The summed E-state index contributed by atoms with van der Waals surface area (Å²) in [6.45, 7) is 4.59. The predicted octanol–water partition coefficient (Wildman–Crippen LogP) is 1.18. The molecule has 0 spiro atoms. The number of methoxy groups -OCH3 is 1. The number of sulfone groups is 1. The molecule has 0 amide bonds. The maximum Gasteiger partial charge on any atom is 0.240 e. The topological polar surface area (TPSA) is 102 Å². The lowest BCUT2D eigenvalue weighted by atomic mass is 9.99. The fraction of sp³-hybridized carbons (Fsp3) is 0.625. The molecule has 1 heterocycles. The van der Waals surface area contributed by atoms with Crippen LogP contribution in [0.2, 0.25) is 0 Å². The Morgan fingerprint density at radius 1 is 1.19 bits per heavy atom. The third kappa shape index (κ3) is 5.17. The van der Waals surface area contributed by atoms with Crippen molar-refractivity contribution < 1.29 is 21.6 Å². The maximum absolute atomic E-state index is 12.8. The van der Waals surface area contributed by atoms with Crippen molar-refractivity contribution >= 4 is 32.3 Å². The molecule has 1 aromatic rings. The molecule has 1 unspecified atom stereocenters. The van der Waals surface area contributed by atoms with Gasteiger partial charge < -0.3 is 10.1 Å². The molecule has 0 aliphatic carbocycles. The van der Waals surface area contributed by atoms with E-state index in [-0.39, 0.29) is 34.3 Å². The van der Waals surface area contributed by atoms with Gasteiger partial charge in [-0.3, -0.25) is 0 Å². The van der Waals surface area contributed by atoms with Gasteiger partial charge in [-0.2, -0.15) is 0 Å². The van der Waals surface area contributed by atoms with Gasteiger partial charge in [0.05, 0.1) is 21.9 Å². The lowest BCUT2D eigenvalue weighted by Gasteiger charge is -2.29. The third-order valence-corrected chi connectivity index (χ3v) is 7.25. The molecule has 1 aliphatic heterocycles. The molecule has 1 aliphatic rings. The highest BCUT2D eigenvalue weighted by atomic mass is 35.5. The highest BCUT2D eigenvalue weighted by Crippen LogP contribution is 2.26. The van der Waals surface area contributed by atoms with Crippen molar-refractivity contribution in [2.45, 2.75) is 42.0 Å². The Balaban J connectivity index is 0.00000338. The molecular formula is C16H27ClN2O5S2.